The summed E-state index contributed by atoms with van der Waals surface area (Å²) in [5.41, 5.74) is -3.53. The molecule has 0 amide bonds. The Hall–Kier alpha value is -3.53. The van der Waals surface area contributed by atoms with Gasteiger partial charge in [-0.3, -0.25) is 14.8 Å². The number of pyridine rings is 1. The Morgan fingerprint density at radius 2 is 1.59 bits per heavy atom. The summed E-state index contributed by atoms with van der Waals surface area (Å²) in [6.45, 7) is 1.24. The fourth-order valence-electron chi connectivity index (χ4n) is 4.48. The number of rotatable bonds is 7. The molecule has 0 spiro atoms. The van der Waals surface area contributed by atoms with Crippen LogP contribution in [0.15, 0.2) is 53.8 Å². The van der Waals surface area contributed by atoms with E-state index in [4.69, 9.17) is 0 Å². The van der Waals surface area contributed by atoms with Crippen LogP contribution in [0.25, 0.3) is 11.4 Å². The number of aryl methyl sites for hydroxylation is 1. The zero-order chi connectivity index (χ0) is 30.3. The Bertz CT molecular complexity index is 1530. The number of hydrogen-bond donors (Lipinski definition) is 0. The molecule has 0 aliphatic carbocycles. The fraction of sp³-hybridized carbons (Fsp3) is 0.360. The third kappa shape index (κ3) is 6.37. The molecule has 0 bridgehead atoms. The van der Waals surface area contributed by atoms with Crippen molar-refractivity contribution in [3.63, 3.8) is 0 Å². The highest BCUT2D eigenvalue weighted by Gasteiger charge is 2.49. The van der Waals surface area contributed by atoms with E-state index in [1.54, 1.807) is 0 Å². The lowest BCUT2D eigenvalue weighted by Crippen LogP contribution is -2.44. The van der Waals surface area contributed by atoms with E-state index < -0.39 is 93.2 Å². The summed E-state index contributed by atoms with van der Waals surface area (Å²) in [6.07, 6.45) is -11.7. The van der Waals surface area contributed by atoms with Gasteiger partial charge in [0, 0.05) is 19.0 Å². The number of sulfonamides is 1. The van der Waals surface area contributed by atoms with Crippen molar-refractivity contribution in [2.75, 3.05) is 0 Å². The second-order valence-electron chi connectivity index (χ2n) is 9.27. The van der Waals surface area contributed by atoms with E-state index in [0.717, 1.165) is 30.3 Å². The standard InChI is InChI=1S/C25H20F8N4O3S/c1-13-18(27)9-21(37(13)41(39,40)16-5-3-15(26)4-6-16)22(38)7-2-14-8-19(34-10-17(14)24(28,29)30)20-11-36-23(12-35-20)25(31,32)33/h3-6,8,10-13,18,21H,2,7,9H2,1H3/t13-,18+,21-/m0/s1. The number of alkyl halides is 7. The molecule has 1 saturated heterocycles. The number of aromatic nitrogens is 3. The maximum absolute atomic E-state index is 14.7. The quantitative estimate of drug-likeness (QED) is 0.334. The number of benzene rings is 1. The van der Waals surface area contributed by atoms with Gasteiger partial charge in [0.25, 0.3) is 0 Å². The molecule has 1 aromatic carbocycles. The first-order valence-corrected chi connectivity index (χ1v) is 13.4. The van der Waals surface area contributed by atoms with E-state index in [2.05, 4.69) is 15.0 Å². The Kier molecular flexibility index (Phi) is 8.19. The highest BCUT2D eigenvalue weighted by Crippen LogP contribution is 2.36. The van der Waals surface area contributed by atoms with Gasteiger partial charge in [-0.1, -0.05) is 0 Å². The largest absolute Gasteiger partial charge is 0.434 e. The molecule has 0 unspecified atom stereocenters. The molecule has 1 aliphatic rings. The van der Waals surface area contributed by atoms with Gasteiger partial charge in [0.1, 0.15) is 17.7 Å². The summed E-state index contributed by atoms with van der Waals surface area (Å²) < 4.78 is 134. The average molecular weight is 609 g/mol. The van der Waals surface area contributed by atoms with Crippen LogP contribution in [0.5, 0.6) is 0 Å². The van der Waals surface area contributed by atoms with Gasteiger partial charge < -0.3 is 0 Å². The summed E-state index contributed by atoms with van der Waals surface area (Å²) in [5, 5.41) is 0. The average Bonchev–Trinajstić information content (AvgIpc) is 3.21. The van der Waals surface area contributed by atoms with E-state index in [1.807, 2.05) is 0 Å². The predicted molar refractivity (Wildman–Crippen MR) is 127 cm³/mol. The van der Waals surface area contributed by atoms with Crippen LogP contribution >= 0.6 is 0 Å². The number of carbonyl (C=O) groups is 1. The van der Waals surface area contributed by atoms with Gasteiger partial charge in [0.2, 0.25) is 10.0 Å². The molecular weight excluding hydrogens is 588 g/mol. The minimum absolute atomic E-state index is 0.250. The zero-order valence-electron chi connectivity index (χ0n) is 20.9. The lowest BCUT2D eigenvalue weighted by atomic mass is 9.98. The van der Waals surface area contributed by atoms with E-state index in [1.165, 1.54) is 6.92 Å². The van der Waals surface area contributed by atoms with Crippen LogP contribution in [0.1, 0.15) is 36.6 Å². The molecule has 0 N–H and O–H groups in total. The molecule has 3 heterocycles. The van der Waals surface area contributed by atoms with Crippen molar-refractivity contribution >= 4 is 15.8 Å². The number of halogens is 8. The summed E-state index contributed by atoms with van der Waals surface area (Å²) in [5.74, 6) is -1.59. The highest BCUT2D eigenvalue weighted by molar-refractivity contribution is 7.89. The minimum Gasteiger partial charge on any atom is -0.298 e. The number of Topliss-reactive ketones (excluding diaryl/α,β-unsaturated/α-hetero) is 1. The molecule has 220 valence electrons. The van der Waals surface area contributed by atoms with Crippen LogP contribution in [-0.4, -0.2) is 51.7 Å². The van der Waals surface area contributed by atoms with Crippen molar-refractivity contribution in [2.24, 2.45) is 0 Å². The second-order valence-corrected chi connectivity index (χ2v) is 11.1. The molecular formula is C25H20F8N4O3S. The topological polar surface area (TPSA) is 93.1 Å². The van der Waals surface area contributed by atoms with Gasteiger partial charge in [-0.15, -0.1) is 0 Å². The molecule has 3 atom stereocenters. The molecule has 1 aliphatic heterocycles. The smallest absolute Gasteiger partial charge is 0.298 e. The van der Waals surface area contributed by atoms with Crippen molar-refractivity contribution in [2.45, 2.75) is 61.7 Å². The fourth-order valence-corrected chi connectivity index (χ4v) is 6.31. The molecule has 16 heteroatoms. The van der Waals surface area contributed by atoms with E-state index >= 15 is 0 Å². The van der Waals surface area contributed by atoms with Gasteiger partial charge in [-0.2, -0.15) is 30.6 Å². The van der Waals surface area contributed by atoms with Crippen LogP contribution in [0.3, 0.4) is 0 Å². The summed E-state index contributed by atoms with van der Waals surface area (Å²) in [6, 6.07) is 1.72. The van der Waals surface area contributed by atoms with Crippen LogP contribution in [0.2, 0.25) is 0 Å². The molecule has 0 saturated carbocycles. The second kappa shape index (κ2) is 11.0. The molecule has 7 nitrogen and oxygen atoms in total. The number of ketones is 1. The minimum atomic E-state index is -4.92. The molecule has 4 rings (SSSR count). The van der Waals surface area contributed by atoms with Gasteiger partial charge in [-0.25, -0.2) is 22.2 Å². The van der Waals surface area contributed by atoms with Crippen molar-refractivity contribution in [3.05, 3.63) is 71.6 Å². The first-order valence-electron chi connectivity index (χ1n) is 11.9. The molecule has 1 fully saturated rings. The first kappa shape index (κ1) is 30.4. The Balaban J connectivity index is 1.61. The monoisotopic (exact) mass is 608 g/mol. The SMILES string of the molecule is C[C@H]1[C@H](F)C[C@@H](C(=O)CCc2cc(-c3cnc(C(F)(F)F)cn3)ncc2C(F)(F)F)N1S(=O)(=O)c1ccc(F)cc1. The third-order valence-corrected chi connectivity index (χ3v) is 8.59. The summed E-state index contributed by atoms with van der Waals surface area (Å²) in [7, 11) is -4.48. The normalized spacial score (nSPS) is 20.4. The predicted octanol–water partition coefficient (Wildman–Crippen LogP) is 5.41. The van der Waals surface area contributed by atoms with Gasteiger partial charge >= 0.3 is 12.4 Å². The Labute approximate surface area is 228 Å². The molecule has 41 heavy (non-hydrogen) atoms. The molecule has 3 aromatic rings. The summed E-state index contributed by atoms with van der Waals surface area (Å²) >= 11 is 0. The number of hydrogen-bond acceptors (Lipinski definition) is 6. The van der Waals surface area contributed by atoms with Crippen molar-refractivity contribution in [1.29, 1.82) is 0 Å². The Morgan fingerprint density at radius 1 is 0.951 bits per heavy atom. The number of carbonyl (C=O) groups excluding carboxylic acids is 1. The van der Waals surface area contributed by atoms with Crippen molar-refractivity contribution in [3.8, 4) is 11.4 Å². The molecule has 0 radical (unpaired) electrons. The maximum Gasteiger partial charge on any atom is 0.434 e. The van der Waals surface area contributed by atoms with Crippen LogP contribution in [-0.2, 0) is 33.6 Å². The zero-order valence-corrected chi connectivity index (χ0v) is 21.7. The van der Waals surface area contributed by atoms with Crippen LogP contribution in [0, 0.1) is 5.82 Å². The maximum atomic E-state index is 14.7. The molecule has 2 aromatic heterocycles. The van der Waals surface area contributed by atoms with Gasteiger partial charge in [-0.05, 0) is 49.2 Å². The van der Waals surface area contributed by atoms with Crippen LogP contribution < -0.4 is 0 Å². The van der Waals surface area contributed by atoms with E-state index in [9.17, 15) is 48.3 Å². The van der Waals surface area contributed by atoms with Crippen molar-refractivity contribution < 1.29 is 48.3 Å². The van der Waals surface area contributed by atoms with Crippen LogP contribution in [0.4, 0.5) is 35.1 Å². The van der Waals surface area contributed by atoms with E-state index in [0.29, 0.717) is 22.9 Å². The van der Waals surface area contributed by atoms with Crippen molar-refractivity contribution in [1.82, 2.24) is 19.3 Å². The first-order chi connectivity index (χ1) is 19.0. The van der Waals surface area contributed by atoms with E-state index in [-0.39, 0.29) is 11.4 Å². The third-order valence-electron chi connectivity index (χ3n) is 6.58. The highest BCUT2D eigenvalue weighted by atomic mass is 32.2. The lowest BCUT2D eigenvalue weighted by Gasteiger charge is -2.27. The van der Waals surface area contributed by atoms with Gasteiger partial charge in [0.15, 0.2) is 11.5 Å². The summed E-state index contributed by atoms with van der Waals surface area (Å²) in [4.78, 5) is 23.1. The van der Waals surface area contributed by atoms with Gasteiger partial charge in [0.05, 0.1) is 40.6 Å². The lowest BCUT2D eigenvalue weighted by molar-refractivity contribution is -0.141. The number of nitrogens with zero attached hydrogens (tertiary/aromatic N) is 4. The Morgan fingerprint density at radius 3 is 2.15 bits per heavy atom.